The van der Waals surface area contributed by atoms with Crippen molar-refractivity contribution >= 4 is 60.1 Å². The van der Waals surface area contributed by atoms with Crippen LogP contribution in [-0.4, -0.2) is 99.3 Å². The van der Waals surface area contributed by atoms with E-state index in [1.54, 1.807) is 60.0 Å². The number of hydrogen-bond donors (Lipinski definition) is 0. The molecule has 1 aliphatic heterocycles. The van der Waals surface area contributed by atoms with Gasteiger partial charge in [0.2, 0.25) is 5.79 Å². The van der Waals surface area contributed by atoms with Crippen LogP contribution in [0.2, 0.25) is 0 Å². The minimum Gasteiger partial charge on any atom is -0.382 e. The van der Waals surface area contributed by atoms with Crippen LogP contribution in [-0.2, 0) is 37.9 Å². The smallest absolute Gasteiger partial charge is 0.206 e. The van der Waals surface area contributed by atoms with Gasteiger partial charge in [-0.1, -0.05) is 6.07 Å². The predicted molar refractivity (Wildman–Crippen MR) is 164 cm³/mol. The standard InChI is InChI=1S/C28H38O8S4/c1-29-6-8-31-10-12-33-14-16-35-28(36-17-15-34-13-11-32-9-7-30-2)21-26(40-27(28)23-4-3-18-37-23)25-20-24-22(39-25)5-19-38-24/h3-5,18-21,27H,6-17H2,1-2H3. The second-order valence-electron chi connectivity index (χ2n) is 8.64. The zero-order valence-electron chi connectivity index (χ0n) is 23.0. The van der Waals surface area contributed by atoms with Crippen LogP contribution in [0.4, 0.5) is 0 Å². The molecular formula is C28H38O8S4. The Hall–Kier alpha value is -0.870. The van der Waals surface area contributed by atoms with Crippen molar-refractivity contribution in [2.75, 3.05) is 93.5 Å². The minimum absolute atomic E-state index is 0.0441. The summed E-state index contributed by atoms with van der Waals surface area (Å²) < 4.78 is 48.2. The Morgan fingerprint density at radius 1 is 0.675 bits per heavy atom. The molecular weight excluding hydrogens is 593 g/mol. The summed E-state index contributed by atoms with van der Waals surface area (Å²) in [5.74, 6) is -0.946. The molecule has 3 aromatic heterocycles. The highest BCUT2D eigenvalue weighted by atomic mass is 32.2. The zero-order chi connectivity index (χ0) is 27.9. The molecule has 1 unspecified atom stereocenters. The van der Waals surface area contributed by atoms with Gasteiger partial charge in [-0.2, -0.15) is 0 Å². The number of ether oxygens (including phenoxy) is 8. The van der Waals surface area contributed by atoms with Gasteiger partial charge in [-0.25, -0.2) is 0 Å². The van der Waals surface area contributed by atoms with Crippen LogP contribution in [0.5, 0.6) is 0 Å². The van der Waals surface area contributed by atoms with Gasteiger partial charge in [0.1, 0.15) is 5.25 Å². The van der Waals surface area contributed by atoms with Crippen LogP contribution in [0.25, 0.3) is 14.3 Å². The normalized spacial score (nSPS) is 16.8. The van der Waals surface area contributed by atoms with E-state index in [2.05, 4.69) is 41.1 Å². The zero-order valence-corrected chi connectivity index (χ0v) is 26.3. The minimum atomic E-state index is -0.946. The summed E-state index contributed by atoms with van der Waals surface area (Å²) in [6, 6.07) is 8.67. The first kappa shape index (κ1) is 32.1. The van der Waals surface area contributed by atoms with Crippen LogP contribution >= 0.6 is 45.8 Å². The summed E-state index contributed by atoms with van der Waals surface area (Å²) in [7, 11) is 3.32. The molecule has 222 valence electrons. The van der Waals surface area contributed by atoms with E-state index < -0.39 is 5.79 Å². The summed E-state index contributed by atoms with van der Waals surface area (Å²) >= 11 is 7.08. The average molecular weight is 631 g/mol. The summed E-state index contributed by atoms with van der Waals surface area (Å²) in [6.07, 6.45) is 2.15. The van der Waals surface area contributed by atoms with Gasteiger partial charge in [0, 0.05) is 38.3 Å². The molecule has 4 heterocycles. The number of methoxy groups -OCH3 is 2. The third kappa shape index (κ3) is 9.58. The van der Waals surface area contributed by atoms with Crippen molar-refractivity contribution in [2.45, 2.75) is 11.0 Å². The highest BCUT2D eigenvalue weighted by molar-refractivity contribution is 8.09. The third-order valence-corrected chi connectivity index (χ3v) is 10.6. The molecule has 0 aromatic carbocycles. The Balaban J connectivity index is 1.39. The Bertz CT molecular complexity index is 1060. The van der Waals surface area contributed by atoms with E-state index in [4.69, 9.17) is 37.9 Å². The SMILES string of the molecule is COCCOCCOCCOC1(OCCOCCOCCOC)C=C(c2cc3sccc3s2)SC1c1cccs1. The van der Waals surface area contributed by atoms with Gasteiger partial charge in [-0.3, -0.25) is 0 Å². The fourth-order valence-electron chi connectivity index (χ4n) is 3.94. The molecule has 8 nitrogen and oxygen atoms in total. The predicted octanol–water partition coefficient (Wildman–Crippen LogP) is 5.94. The van der Waals surface area contributed by atoms with Crippen molar-refractivity contribution in [2.24, 2.45) is 0 Å². The monoisotopic (exact) mass is 630 g/mol. The molecule has 0 radical (unpaired) electrons. The van der Waals surface area contributed by atoms with Crippen molar-refractivity contribution in [1.82, 2.24) is 0 Å². The Labute approximate surface area is 252 Å². The third-order valence-electron chi connectivity index (χ3n) is 5.84. The van der Waals surface area contributed by atoms with E-state index in [9.17, 15) is 0 Å². The lowest BCUT2D eigenvalue weighted by Gasteiger charge is -2.33. The Kier molecular flexibility index (Phi) is 14.4. The van der Waals surface area contributed by atoms with E-state index in [0.29, 0.717) is 79.3 Å². The topological polar surface area (TPSA) is 73.8 Å². The van der Waals surface area contributed by atoms with Crippen LogP contribution < -0.4 is 0 Å². The first-order valence-electron chi connectivity index (χ1n) is 13.2. The number of thiophene rings is 3. The molecule has 0 saturated carbocycles. The fourth-order valence-corrected chi connectivity index (χ4v) is 8.52. The van der Waals surface area contributed by atoms with Gasteiger partial charge in [-0.15, -0.1) is 45.8 Å². The molecule has 0 amide bonds. The Morgan fingerprint density at radius 3 is 1.82 bits per heavy atom. The summed E-state index contributed by atoms with van der Waals surface area (Å²) in [5, 5.41) is 4.19. The van der Waals surface area contributed by atoms with Gasteiger partial charge >= 0.3 is 0 Å². The molecule has 0 fully saturated rings. The largest absolute Gasteiger partial charge is 0.382 e. The number of rotatable bonds is 22. The number of thioether (sulfide) groups is 1. The molecule has 40 heavy (non-hydrogen) atoms. The van der Waals surface area contributed by atoms with Crippen LogP contribution in [0.3, 0.4) is 0 Å². The van der Waals surface area contributed by atoms with E-state index in [0.717, 1.165) is 0 Å². The van der Waals surface area contributed by atoms with Crippen LogP contribution in [0.1, 0.15) is 15.0 Å². The lowest BCUT2D eigenvalue weighted by atomic mass is 10.1. The van der Waals surface area contributed by atoms with Crippen LogP contribution in [0, 0.1) is 0 Å². The molecule has 1 aliphatic rings. The van der Waals surface area contributed by atoms with Gasteiger partial charge in [0.25, 0.3) is 0 Å². The maximum atomic E-state index is 6.57. The molecule has 1 atom stereocenters. The van der Waals surface area contributed by atoms with Gasteiger partial charge < -0.3 is 37.9 Å². The maximum Gasteiger partial charge on any atom is 0.206 e. The van der Waals surface area contributed by atoms with E-state index in [1.807, 2.05) is 0 Å². The van der Waals surface area contributed by atoms with E-state index in [1.165, 1.54) is 24.1 Å². The Morgan fingerprint density at radius 2 is 1.27 bits per heavy atom. The maximum absolute atomic E-state index is 6.57. The summed E-state index contributed by atoms with van der Waals surface area (Å²) in [5.41, 5.74) is 0. The molecule has 0 aliphatic carbocycles. The molecule has 3 aromatic rings. The number of hydrogen-bond acceptors (Lipinski definition) is 12. The van der Waals surface area contributed by atoms with Gasteiger partial charge in [0.05, 0.1) is 79.3 Å². The quantitative estimate of drug-likeness (QED) is 0.0991. The van der Waals surface area contributed by atoms with Crippen molar-refractivity contribution < 1.29 is 37.9 Å². The first-order valence-corrected chi connectivity index (χ1v) is 16.7. The second kappa shape index (κ2) is 17.9. The second-order valence-corrected chi connectivity index (χ2v) is 12.8. The van der Waals surface area contributed by atoms with Crippen molar-refractivity contribution in [1.29, 1.82) is 0 Å². The van der Waals surface area contributed by atoms with E-state index >= 15 is 0 Å². The lowest BCUT2D eigenvalue weighted by Crippen LogP contribution is -2.39. The molecule has 0 spiro atoms. The summed E-state index contributed by atoms with van der Waals surface area (Å²) in [4.78, 5) is 3.61. The van der Waals surface area contributed by atoms with Crippen molar-refractivity contribution in [3.8, 4) is 0 Å². The van der Waals surface area contributed by atoms with Crippen molar-refractivity contribution in [3.63, 3.8) is 0 Å². The highest BCUT2D eigenvalue weighted by Gasteiger charge is 2.47. The van der Waals surface area contributed by atoms with Gasteiger partial charge in [-0.05, 0) is 35.0 Å². The van der Waals surface area contributed by atoms with Crippen LogP contribution in [0.15, 0.2) is 41.1 Å². The first-order chi connectivity index (χ1) is 19.8. The molecule has 4 rings (SSSR count). The van der Waals surface area contributed by atoms with Gasteiger partial charge in [0.15, 0.2) is 0 Å². The fraction of sp³-hybridized carbons (Fsp3) is 0.571. The molecule has 12 heteroatoms. The lowest BCUT2D eigenvalue weighted by molar-refractivity contribution is -0.214. The molecule has 0 bridgehead atoms. The molecule has 0 saturated heterocycles. The average Bonchev–Trinajstić information content (AvgIpc) is 3.75. The van der Waals surface area contributed by atoms with Crippen molar-refractivity contribution in [3.05, 3.63) is 50.9 Å². The number of fused-ring (bicyclic) bond motifs is 1. The highest BCUT2D eigenvalue weighted by Crippen LogP contribution is 2.57. The summed E-state index contributed by atoms with van der Waals surface area (Å²) in [6.45, 7) is 5.95. The molecule has 0 N–H and O–H groups in total. The van der Waals surface area contributed by atoms with E-state index in [-0.39, 0.29) is 5.25 Å².